The highest BCUT2D eigenvalue weighted by Crippen LogP contribution is 2.24. The van der Waals surface area contributed by atoms with Crippen molar-refractivity contribution in [1.82, 2.24) is 4.90 Å². The zero-order chi connectivity index (χ0) is 16.3. The number of nitrogens with zero attached hydrogens (tertiary/aromatic N) is 1. The average Bonchev–Trinajstić information content (AvgIpc) is 2.82. The molecule has 0 aliphatic carbocycles. The maximum Gasteiger partial charge on any atom is 0.410 e. The van der Waals surface area contributed by atoms with Crippen LogP contribution in [0.15, 0.2) is 22.7 Å². The number of likely N-dealkylation sites (tertiary alicyclic amines) is 1. The van der Waals surface area contributed by atoms with Gasteiger partial charge in [-0.2, -0.15) is 0 Å². The molecule has 0 N–H and O–H groups in total. The van der Waals surface area contributed by atoms with Crippen LogP contribution in [-0.2, 0) is 4.74 Å². The van der Waals surface area contributed by atoms with Crippen LogP contribution in [0.3, 0.4) is 0 Å². The minimum absolute atomic E-state index is 0.231. The summed E-state index contributed by atoms with van der Waals surface area (Å²) in [6.45, 7) is 7.27. The largest absolute Gasteiger partial charge is 0.493 e. The molecule has 0 aromatic heterocycles. The number of amides is 1. The fraction of sp³-hybridized carbons (Fsp3) is 0.562. The van der Waals surface area contributed by atoms with Crippen molar-refractivity contribution < 1.29 is 18.7 Å². The quantitative estimate of drug-likeness (QED) is 0.795. The van der Waals surface area contributed by atoms with Gasteiger partial charge in [-0.05, 0) is 39.3 Å². The van der Waals surface area contributed by atoms with E-state index in [-0.39, 0.29) is 17.8 Å². The molecule has 0 bridgehead atoms. The van der Waals surface area contributed by atoms with E-state index < -0.39 is 5.60 Å². The molecular formula is C16H21BrFNO3. The minimum Gasteiger partial charge on any atom is -0.493 e. The standard InChI is InChI=1S/C16H21BrFNO3/c1-16(2,3)22-15(20)19-5-4-11(9-19)10-21-14-7-12(17)6-13(18)8-14/h6-8,11H,4-5,9-10H2,1-3H3/t11-/m0/s1. The van der Waals surface area contributed by atoms with Crippen molar-refractivity contribution in [2.75, 3.05) is 19.7 Å². The molecular weight excluding hydrogens is 353 g/mol. The zero-order valence-electron chi connectivity index (χ0n) is 13.1. The van der Waals surface area contributed by atoms with Gasteiger partial charge in [0, 0.05) is 29.5 Å². The van der Waals surface area contributed by atoms with Gasteiger partial charge < -0.3 is 14.4 Å². The van der Waals surface area contributed by atoms with Gasteiger partial charge in [0.2, 0.25) is 0 Å². The van der Waals surface area contributed by atoms with Crippen molar-refractivity contribution in [3.8, 4) is 5.75 Å². The second kappa shape index (κ2) is 6.86. The van der Waals surface area contributed by atoms with Gasteiger partial charge >= 0.3 is 6.09 Å². The van der Waals surface area contributed by atoms with Crippen LogP contribution in [0.4, 0.5) is 9.18 Å². The van der Waals surface area contributed by atoms with Crippen molar-refractivity contribution in [1.29, 1.82) is 0 Å². The predicted octanol–water partition coefficient (Wildman–Crippen LogP) is 4.22. The topological polar surface area (TPSA) is 38.8 Å². The number of hydrogen-bond donors (Lipinski definition) is 0. The number of carbonyl (C=O) groups excluding carboxylic acids is 1. The molecule has 6 heteroatoms. The van der Waals surface area contributed by atoms with E-state index in [2.05, 4.69) is 15.9 Å². The fourth-order valence-electron chi connectivity index (χ4n) is 2.29. The summed E-state index contributed by atoms with van der Waals surface area (Å²) in [4.78, 5) is 13.7. The molecule has 22 heavy (non-hydrogen) atoms. The Hall–Kier alpha value is -1.30. The molecule has 0 spiro atoms. The molecule has 1 aromatic carbocycles. The molecule has 0 radical (unpaired) electrons. The first kappa shape index (κ1) is 17.1. The fourth-order valence-corrected chi connectivity index (χ4v) is 2.73. The number of hydrogen-bond acceptors (Lipinski definition) is 3. The summed E-state index contributed by atoms with van der Waals surface area (Å²) in [6.07, 6.45) is 0.568. The van der Waals surface area contributed by atoms with Crippen molar-refractivity contribution in [2.24, 2.45) is 5.92 Å². The van der Waals surface area contributed by atoms with Crippen molar-refractivity contribution >= 4 is 22.0 Å². The van der Waals surface area contributed by atoms with Gasteiger partial charge in [0.25, 0.3) is 0 Å². The van der Waals surface area contributed by atoms with Gasteiger partial charge in [-0.3, -0.25) is 0 Å². The molecule has 1 atom stereocenters. The van der Waals surface area contributed by atoms with Gasteiger partial charge in [0.05, 0.1) is 6.61 Å². The van der Waals surface area contributed by atoms with Gasteiger partial charge in [-0.1, -0.05) is 15.9 Å². The van der Waals surface area contributed by atoms with E-state index in [1.807, 2.05) is 20.8 Å². The summed E-state index contributed by atoms with van der Waals surface area (Å²) in [5, 5.41) is 0. The average molecular weight is 374 g/mol. The van der Waals surface area contributed by atoms with Crippen LogP contribution < -0.4 is 4.74 Å². The number of carbonyl (C=O) groups is 1. The van der Waals surface area contributed by atoms with Crippen molar-refractivity contribution in [3.05, 3.63) is 28.5 Å². The van der Waals surface area contributed by atoms with Crippen LogP contribution in [0.5, 0.6) is 5.75 Å². The van der Waals surface area contributed by atoms with Gasteiger partial charge in [0.1, 0.15) is 17.2 Å². The highest BCUT2D eigenvalue weighted by atomic mass is 79.9. The molecule has 1 amide bonds. The first-order chi connectivity index (χ1) is 10.2. The molecule has 2 rings (SSSR count). The SMILES string of the molecule is CC(C)(C)OC(=O)N1CC[C@H](COc2cc(F)cc(Br)c2)C1. The van der Waals surface area contributed by atoms with Crippen LogP contribution >= 0.6 is 15.9 Å². The van der Waals surface area contributed by atoms with E-state index >= 15 is 0 Å². The van der Waals surface area contributed by atoms with Crippen LogP contribution in [0, 0.1) is 11.7 Å². The van der Waals surface area contributed by atoms with E-state index in [1.165, 1.54) is 12.1 Å². The van der Waals surface area contributed by atoms with Gasteiger partial charge in [-0.15, -0.1) is 0 Å². The molecule has 1 aliphatic rings. The van der Waals surface area contributed by atoms with Gasteiger partial charge in [-0.25, -0.2) is 9.18 Å². The second-order valence-electron chi connectivity index (χ2n) is 6.50. The summed E-state index contributed by atoms with van der Waals surface area (Å²) in [5.74, 6) is 0.378. The first-order valence-corrected chi connectivity index (χ1v) is 8.09. The molecule has 1 fully saturated rings. The highest BCUT2D eigenvalue weighted by Gasteiger charge is 2.30. The molecule has 122 valence electrons. The summed E-state index contributed by atoms with van der Waals surface area (Å²) in [7, 11) is 0. The highest BCUT2D eigenvalue weighted by molar-refractivity contribution is 9.10. The van der Waals surface area contributed by atoms with Crippen LogP contribution in [0.2, 0.25) is 0 Å². The lowest BCUT2D eigenvalue weighted by Gasteiger charge is -2.24. The Morgan fingerprint density at radius 3 is 2.77 bits per heavy atom. The molecule has 1 aromatic rings. The van der Waals surface area contributed by atoms with Crippen LogP contribution in [-0.4, -0.2) is 36.3 Å². The first-order valence-electron chi connectivity index (χ1n) is 7.30. The van der Waals surface area contributed by atoms with Crippen LogP contribution in [0.1, 0.15) is 27.2 Å². The Bertz CT molecular complexity index is 524. The molecule has 0 saturated carbocycles. The lowest BCUT2D eigenvalue weighted by molar-refractivity contribution is 0.0285. The maximum atomic E-state index is 13.3. The normalized spacial score (nSPS) is 18.4. The number of halogens is 2. The Balaban J connectivity index is 1.82. The summed E-state index contributed by atoms with van der Waals surface area (Å²) in [6, 6.07) is 4.46. The van der Waals surface area contributed by atoms with E-state index in [1.54, 1.807) is 11.0 Å². The Labute approximate surface area is 138 Å². The van der Waals surface area contributed by atoms with Crippen molar-refractivity contribution in [2.45, 2.75) is 32.8 Å². The molecule has 1 heterocycles. The second-order valence-corrected chi connectivity index (χ2v) is 7.41. The minimum atomic E-state index is -0.487. The molecule has 0 unspecified atom stereocenters. The third kappa shape index (κ3) is 5.16. The van der Waals surface area contributed by atoms with Crippen LogP contribution in [0.25, 0.3) is 0 Å². The number of ether oxygens (including phenoxy) is 2. The monoisotopic (exact) mass is 373 g/mol. The Morgan fingerprint density at radius 1 is 1.41 bits per heavy atom. The van der Waals surface area contributed by atoms with Crippen molar-refractivity contribution in [3.63, 3.8) is 0 Å². The smallest absolute Gasteiger partial charge is 0.410 e. The summed E-state index contributed by atoms with van der Waals surface area (Å²) < 4.78 is 24.9. The van der Waals surface area contributed by atoms with E-state index in [4.69, 9.17) is 9.47 Å². The Kier molecular flexibility index (Phi) is 5.32. The van der Waals surface area contributed by atoms with E-state index in [0.29, 0.717) is 29.9 Å². The summed E-state index contributed by atoms with van der Waals surface area (Å²) >= 11 is 3.23. The summed E-state index contributed by atoms with van der Waals surface area (Å²) in [5.41, 5.74) is -0.487. The lowest BCUT2D eigenvalue weighted by atomic mass is 10.1. The van der Waals surface area contributed by atoms with Gasteiger partial charge in [0.15, 0.2) is 0 Å². The molecule has 1 aliphatic heterocycles. The predicted molar refractivity (Wildman–Crippen MR) is 85.5 cm³/mol. The maximum absolute atomic E-state index is 13.3. The third-order valence-electron chi connectivity index (χ3n) is 3.26. The third-order valence-corrected chi connectivity index (χ3v) is 3.72. The van der Waals surface area contributed by atoms with E-state index in [0.717, 1.165) is 6.42 Å². The number of benzene rings is 1. The Morgan fingerprint density at radius 2 is 2.14 bits per heavy atom. The lowest BCUT2D eigenvalue weighted by Crippen LogP contribution is -2.35. The molecule has 4 nitrogen and oxygen atoms in total. The number of rotatable bonds is 3. The zero-order valence-corrected chi connectivity index (χ0v) is 14.7. The molecule has 1 saturated heterocycles. The van der Waals surface area contributed by atoms with E-state index in [9.17, 15) is 9.18 Å².